The number of dihydropyridines is 1. The third-order valence-corrected chi connectivity index (χ3v) is 7.38. The van der Waals surface area contributed by atoms with Crippen LogP contribution in [0.4, 0.5) is 13.2 Å². The highest BCUT2D eigenvalue weighted by atomic mass is 31.2. The van der Waals surface area contributed by atoms with Gasteiger partial charge < -0.3 is 19.1 Å². The van der Waals surface area contributed by atoms with Crippen LogP contribution in [0, 0.1) is 5.41 Å². The molecule has 1 fully saturated rings. The number of carbonyl (C=O) groups excluding carboxylic acids is 1. The quantitative estimate of drug-likeness (QED) is 0.486. The Morgan fingerprint density at radius 3 is 2.29 bits per heavy atom. The molecule has 0 radical (unpaired) electrons. The lowest BCUT2D eigenvalue weighted by molar-refractivity contribution is -0.139. The van der Waals surface area contributed by atoms with Gasteiger partial charge in [-0.15, -0.1) is 0 Å². The third kappa shape index (κ3) is 4.45. The van der Waals surface area contributed by atoms with Crippen LogP contribution in [0.2, 0.25) is 0 Å². The maximum atomic E-state index is 13.9. The summed E-state index contributed by atoms with van der Waals surface area (Å²) in [5.41, 5.74) is -1.04. The zero-order valence-corrected chi connectivity index (χ0v) is 18.8. The van der Waals surface area contributed by atoms with E-state index in [1.807, 2.05) is 13.8 Å². The molecule has 1 N–H and O–H groups in total. The smallest absolute Gasteiger partial charge is 0.416 e. The minimum Gasteiger partial charge on any atom is -0.466 e. The van der Waals surface area contributed by atoms with Gasteiger partial charge in [-0.3, -0.25) is 4.57 Å². The summed E-state index contributed by atoms with van der Waals surface area (Å²) >= 11 is 0. The van der Waals surface area contributed by atoms with E-state index >= 15 is 0 Å². The summed E-state index contributed by atoms with van der Waals surface area (Å²) in [6, 6.07) is 4.89. The number of nitrogens with one attached hydrogen (secondary N) is 1. The van der Waals surface area contributed by atoms with E-state index < -0.39 is 36.6 Å². The van der Waals surface area contributed by atoms with Gasteiger partial charge in [0.2, 0.25) is 0 Å². The van der Waals surface area contributed by atoms with Crippen molar-refractivity contribution >= 4 is 13.6 Å². The zero-order valence-electron chi connectivity index (χ0n) is 17.9. The molecule has 1 aromatic carbocycles. The zero-order chi connectivity index (χ0) is 23.2. The van der Waals surface area contributed by atoms with Crippen molar-refractivity contribution in [1.29, 1.82) is 0 Å². The van der Waals surface area contributed by atoms with E-state index in [4.69, 9.17) is 13.8 Å². The molecule has 0 aromatic heterocycles. The highest BCUT2D eigenvalue weighted by Crippen LogP contribution is 2.67. The minimum absolute atomic E-state index is 0.0225. The average Bonchev–Trinajstić information content (AvgIpc) is 2.68. The fourth-order valence-corrected chi connectivity index (χ4v) is 6.22. The van der Waals surface area contributed by atoms with E-state index in [1.165, 1.54) is 18.2 Å². The summed E-state index contributed by atoms with van der Waals surface area (Å²) in [6.07, 6.45) is -4.69. The molecular formula is C21H25F3NO5P. The minimum atomic E-state index is -4.69. The summed E-state index contributed by atoms with van der Waals surface area (Å²) in [5.74, 6) is -2.15. The molecule has 1 atom stereocenters. The number of alkyl halides is 3. The van der Waals surface area contributed by atoms with Crippen LogP contribution in [-0.2, 0) is 29.3 Å². The Bertz CT molecular complexity index is 999. The van der Waals surface area contributed by atoms with Crippen molar-refractivity contribution in [2.75, 3.05) is 20.3 Å². The van der Waals surface area contributed by atoms with Crippen molar-refractivity contribution in [3.63, 3.8) is 0 Å². The number of carbonyl (C=O) groups is 1. The van der Waals surface area contributed by atoms with Crippen molar-refractivity contribution in [2.24, 2.45) is 5.41 Å². The Labute approximate surface area is 179 Å². The number of benzene rings is 1. The van der Waals surface area contributed by atoms with Crippen molar-refractivity contribution in [3.8, 4) is 0 Å². The molecule has 2 aliphatic rings. The molecule has 2 heterocycles. The maximum Gasteiger partial charge on any atom is 0.416 e. The topological polar surface area (TPSA) is 73.9 Å². The molecule has 31 heavy (non-hydrogen) atoms. The van der Waals surface area contributed by atoms with Gasteiger partial charge in [-0.05, 0) is 25.5 Å². The number of allylic oxidation sites excluding steroid dienone is 3. The van der Waals surface area contributed by atoms with Gasteiger partial charge >= 0.3 is 19.7 Å². The summed E-state index contributed by atoms with van der Waals surface area (Å²) in [7, 11) is -2.89. The number of hydrogen-bond acceptors (Lipinski definition) is 6. The Morgan fingerprint density at radius 2 is 1.74 bits per heavy atom. The molecule has 170 valence electrons. The predicted molar refractivity (Wildman–Crippen MR) is 108 cm³/mol. The van der Waals surface area contributed by atoms with E-state index in [9.17, 15) is 22.5 Å². The number of hydrogen-bond donors (Lipinski definition) is 1. The molecule has 6 nitrogen and oxygen atoms in total. The van der Waals surface area contributed by atoms with E-state index in [1.54, 1.807) is 13.8 Å². The molecule has 2 aliphatic heterocycles. The number of ether oxygens (including phenoxy) is 1. The summed E-state index contributed by atoms with van der Waals surface area (Å²) in [6.45, 7) is 7.02. The second-order valence-corrected chi connectivity index (χ2v) is 10.4. The lowest BCUT2D eigenvalue weighted by Crippen LogP contribution is -2.34. The van der Waals surface area contributed by atoms with Crippen LogP contribution in [0.1, 0.15) is 44.7 Å². The Morgan fingerprint density at radius 1 is 1.16 bits per heavy atom. The third-order valence-electron chi connectivity index (χ3n) is 5.25. The summed E-state index contributed by atoms with van der Waals surface area (Å²) < 4.78 is 71.6. The van der Waals surface area contributed by atoms with Crippen molar-refractivity contribution in [3.05, 3.63) is 57.7 Å². The van der Waals surface area contributed by atoms with Crippen LogP contribution in [0.15, 0.2) is 46.5 Å². The molecule has 1 saturated heterocycles. The molecule has 10 heteroatoms. The van der Waals surface area contributed by atoms with Gasteiger partial charge in [0.25, 0.3) is 0 Å². The van der Waals surface area contributed by atoms with Crippen molar-refractivity contribution in [1.82, 2.24) is 5.32 Å². The number of halogens is 3. The molecule has 0 spiro atoms. The highest BCUT2D eigenvalue weighted by Gasteiger charge is 2.49. The van der Waals surface area contributed by atoms with E-state index in [0.717, 1.165) is 13.2 Å². The van der Waals surface area contributed by atoms with Crippen LogP contribution in [0.3, 0.4) is 0 Å². The molecule has 0 saturated carbocycles. The first kappa shape index (κ1) is 23.6. The molecule has 1 unspecified atom stereocenters. The molecular weight excluding hydrogens is 434 g/mol. The van der Waals surface area contributed by atoms with Gasteiger partial charge in [0.1, 0.15) is 0 Å². The Hall–Kier alpha value is -2.09. The van der Waals surface area contributed by atoms with Crippen molar-refractivity contribution in [2.45, 2.75) is 39.8 Å². The average molecular weight is 459 g/mol. The van der Waals surface area contributed by atoms with Crippen LogP contribution >= 0.6 is 7.60 Å². The Kier molecular flexibility index (Phi) is 6.17. The predicted octanol–water partition coefficient (Wildman–Crippen LogP) is 5.34. The van der Waals surface area contributed by atoms with Gasteiger partial charge in [-0.2, -0.15) is 13.2 Å². The molecule has 0 amide bonds. The first-order valence-electron chi connectivity index (χ1n) is 9.63. The standard InChI is InChI=1S/C21H25F3NO5P/c1-12-16(19(26)28-5)17(14-8-6-7-9-15(14)21(22,23)24)18(13(2)25-12)31(27)29-10-20(3,4)11-30-31/h6-9,17,25H,10-11H2,1-5H3. The Balaban J connectivity index is 2.27. The second kappa shape index (κ2) is 8.11. The molecule has 1 aromatic rings. The fraction of sp³-hybridized carbons (Fsp3) is 0.476. The number of esters is 1. The monoisotopic (exact) mass is 459 g/mol. The second-order valence-electron chi connectivity index (χ2n) is 8.39. The van der Waals surface area contributed by atoms with Gasteiger partial charge in [0.05, 0.1) is 42.7 Å². The molecule has 3 rings (SSSR count). The van der Waals surface area contributed by atoms with Crippen molar-refractivity contribution < 1.29 is 36.3 Å². The first-order chi connectivity index (χ1) is 14.3. The van der Waals surface area contributed by atoms with E-state index in [2.05, 4.69) is 5.32 Å². The van der Waals surface area contributed by atoms with Gasteiger partial charge in [-0.25, -0.2) is 4.79 Å². The number of methoxy groups -OCH3 is 1. The highest BCUT2D eigenvalue weighted by molar-refractivity contribution is 7.58. The SMILES string of the molecule is COC(=O)C1=C(C)NC(C)=C(P2(=O)OCC(C)(C)CO2)C1c1ccccc1C(F)(F)F. The molecule has 0 bridgehead atoms. The maximum absolute atomic E-state index is 13.9. The van der Waals surface area contributed by atoms with Crippen LogP contribution < -0.4 is 5.32 Å². The fourth-order valence-electron chi connectivity index (χ4n) is 3.77. The lowest BCUT2D eigenvalue weighted by atomic mass is 9.84. The van der Waals surface area contributed by atoms with E-state index in [-0.39, 0.29) is 29.7 Å². The summed E-state index contributed by atoms with van der Waals surface area (Å²) in [5, 5.41) is 2.92. The first-order valence-corrected chi connectivity index (χ1v) is 11.2. The van der Waals surface area contributed by atoms with Gasteiger partial charge in [-0.1, -0.05) is 32.0 Å². The summed E-state index contributed by atoms with van der Waals surface area (Å²) in [4.78, 5) is 12.7. The van der Waals surface area contributed by atoms with E-state index in [0.29, 0.717) is 11.4 Å². The lowest BCUT2D eigenvalue weighted by Gasteiger charge is -2.40. The van der Waals surface area contributed by atoms with Crippen LogP contribution in [0.25, 0.3) is 0 Å². The largest absolute Gasteiger partial charge is 0.466 e. The number of rotatable bonds is 3. The van der Waals surface area contributed by atoms with Gasteiger partial charge in [0, 0.05) is 16.8 Å². The van der Waals surface area contributed by atoms with Crippen LogP contribution in [0.5, 0.6) is 0 Å². The molecule has 0 aliphatic carbocycles. The van der Waals surface area contributed by atoms with Crippen LogP contribution in [-0.4, -0.2) is 26.3 Å². The van der Waals surface area contributed by atoms with Gasteiger partial charge in [0.15, 0.2) is 0 Å². The normalized spacial score (nSPS) is 23.4.